The van der Waals surface area contributed by atoms with Gasteiger partial charge in [-0.15, -0.1) is 0 Å². The van der Waals surface area contributed by atoms with Crippen molar-refractivity contribution in [3.63, 3.8) is 0 Å². The van der Waals surface area contributed by atoms with Crippen LogP contribution in [0.15, 0.2) is 98.4 Å². The summed E-state index contributed by atoms with van der Waals surface area (Å²) in [5.74, 6) is -0.774. The second-order valence-corrected chi connectivity index (χ2v) is 11.2. The minimum atomic E-state index is -2.90. The van der Waals surface area contributed by atoms with Gasteiger partial charge in [-0.3, -0.25) is 18.9 Å². The number of esters is 1. The number of fused-ring (bicyclic) bond motifs is 1. The fourth-order valence-corrected chi connectivity index (χ4v) is 5.80. The number of carbonyl (C=O) groups is 1. The normalized spacial score (nSPS) is 21.5. The van der Waals surface area contributed by atoms with Crippen molar-refractivity contribution < 1.29 is 38.6 Å². The molecule has 0 amide bonds. The van der Waals surface area contributed by atoms with Crippen LogP contribution in [0.3, 0.4) is 0 Å². The molecule has 3 N–H and O–H groups in total. The van der Waals surface area contributed by atoms with Gasteiger partial charge in [0, 0.05) is 29.0 Å². The van der Waals surface area contributed by atoms with E-state index in [1.165, 1.54) is 6.07 Å². The first-order valence-electron chi connectivity index (χ1n) is 14.3. The quantitative estimate of drug-likeness (QED) is 0.0658. The van der Waals surface area contributed by atoms with Crippen LogP contribution in [0.2, 0.25) is 0 Å². The average Bonchev–Trinajstić information content (AvgIpc) is 3.30. The van der Waals surface area contributed by atoms with Gasteiger partial charge >= 0.3 is 19.8 Å². The van der Waals surface area contributed by atoms with Crippen LogP contribution in [-0.2, 0) is 20.7 Å². The van der Waals surface area contributed by atoms with Gasteiger partial charge in [0.05, 0.1) is 6.61 Å². The maximum atomic E-state index is 13.4. The lowest BCUT2D eigenvalue weighted by atomic mass is 10.1. The van der Waals surface area contributed by atoms with Crippen molar-refractivity contribution in [2.75, 3.05) is 13.2 Å². The molecule has 1 saturated heterocycles. The number of benzene rings is 3. The van der Waals surface area contributed by atoms with E-state index in [2.05, 4.69) is 14.8 Å². The van der Waals surface area contributed by atoms with Crippen LogP contribution < -0.4 is 25.4 Å². The van der Waals surface area contributed by atoms with Crippen LogP contribution in [0.5, 0.6) is 11.5 Å². The van der Waals surface area contributed by atoms with Gasteiger partial charge in [0.15, 0.2) is 18.0 Å². The molecule has 2 heterocycles. The van der Waals surface area contributed by atoms with Gasteiger partial charge < -0.3 is 29.3 Å². The van der Waals surface area contributed by atoms with Gasteiger partial charge in [-0.25, -0.2) is 9.59 Å². The van der Waals surface area contributed by atoms with E-state index in [4.69, 9.17) is 18.7 Å². The van der Waals surface area contributed by atoms with Crippen molar-refractivity contribution in [1.29, 1.82) is 0 Å². The highest BCUT2D eigenvalue weighted by molar-refractivity contribution is 7.34. The molecular formula is C30H29N6O10P. The molecular weight excluding hydrogens is 635 g/mol. The van der Waals surface area contributed by atoms with Gasteiger partial charge in [-0.2, -0.15) is 0 Å². The van der Waals surface area contributed by atoms with Crippen molar-refractivity contribution in [2.45, 2.75) is 43.5 Å². The van der Waals surface area contributed by atoms with Crippen molar-refractivity contribution in [1.82, 2.24) is 9.55 Å². The van der Waals surface area contributed by atoms with E-state index in [1.54, 1.807) is 61.5 Å². The molecule has 6 atom stereocenters. The first-order chi connectivity index (χ1) is 22.7. The van der Waals surface area contributed by atoms with E-state index in [0.29, 0.717) is 10.8 Å². The van der Waals surface area contributed by atoms with E-state index in [0.717, 1.165) is 22.4 Å². The van der Waals surface area contributed by atoms with E-state index >= 15 is 0 Å². The Hall–Kier alpha value is -5.08. The summed E-state index contributed by atoms with van der Waals surface area (Å²) in [6, 6.07) is 18.9. The van der Waals surface area contributed by atoms with Crippen LogP contribution in [0, 0.1) is 0 Å². The standard InChI is InChI=1S/C30H29N6O10P/c1-2-43-28(40)21(16-18-8-4-3-5-9-18)33-47(42)46-25-20-11-7-6-10-19(20)12-13-22(25)44-17-30(34-35-31)26(39)24(38)27(45-30)36-15-14-23(37)32-29(36)41/h3-15,21,24,26-27,38-39H,2,16-17H2,1H3,(H,32,37,41)/t21-,24+,26-,27+,30+/m0/s1. The van der Waals surface area contributed by atoms with Crippen LogP contribution >= 0.6 is 8.17 Å². The molecule has 0 aliphatic carbocycles. The Balaban J connectivity index is 1.46. The Morgan fingerprint density at radius 1 is 1.15 bits per heavy atom. The zero-order chi connectivity index (χ0) is 33.6. The third-order valence-corrected chi connectivity index (χ3v) is 8.06. The zero-order valence-corrected chi connectivity index (χ0v) is 25.7. The molecule has 1 aliphatic rings. The smallest absolute Gasteiger partial charge is 0.395 e. The molecule has 0 bridgehead atoms. The van der Waals surface area contributed by atoms with Crippen LogP contribution in [0.25, 0.3) is 21.2 Å². The zero-order valence-electron chi connectivity index (χ0n) is 24.8. The highest BCUT2D eigenvalue weighted by Crippen LogP contribution is 2.43. The topological polar surface area (TPSA) is 233 Å². The summed E-state index contributed by atoms with van der Waals surface area (Å²) in [4.78, 5) is 54.7. The molecule has 0 spiro atoms. The number of azide groups is 1. The molecule has 1 unspecified atom stereocenters. The second kappa shape index (κ2) is 14.6. The maximum Gasteiger partial charge on any atom is 0.395 e. The fourth-order valence-electron chi connectivity index (χ4n) is 5.00. The maximum absolute atomic E-state index is 13.4. The van der Waals surface area contributed by atoms with Gasteiger partial charge in [0.1, 0.15) is 18.8 Å². The lowest BCUT2D eigenvalue weighted by Crippen LogP contribution is -2.46. The molecule has 4 aromatic rings. The third-order valence-electron chi connectivity index (χ3n) is 7.25. The molecule has 16 nitrogen and oxygen atoms in total. The second-order valence-electron chi connectivity index (χ2n) is 10.3. The number of H-pyrrole nitrogens is 1. The highest BCUT2D eigenvalue weighted by atomic mass is 31.1. The Kier molecular flexibility index (Phi) is 10.3. The molecule has 0 saturated carbocycles. The first-order valence-corrected chi connectivity index (χ1v) is 15.4. The van der Waals surface area contributed by atoms with Crippen LogP contribution in [0.4, 0.5) is 0 Å². The number of rotatable bonds is 12. The Morgan fingerprint density at radius 3 is 2.62 bits per heavy atom. The first kappa shape index (κ1) is 33.3. The number of nitrogens with zero attached hydrogens (tertiary/aromatic N) is 5. The van der Waals surface area contributed by atoms with E-state index in [9.17, 15) is 35.0 Å². The molecule has 3 aromatic carbocycles. The lowest BCUT2D eigenvalue weighted by molar-refractivity contribution is -0.169. The summed E-state index contributed by atoms with van der Waals surface area (Å²) in [6.45, 7) is 1.01. The number of carbonyl (C=O) groups excluding carboxylic acids is 1. The fraction of sp³-hybridized carbons (Fsp3) is 0.300. The summed E-state index contributed by atoms with van der Waals surface area (Å²) in [5, 5.41) is 26.4. The van der Waals surface area contributed by atoms with E-state index in [-0.39, 0.29) is 24.5 Å². The molecule has 1 fully saturated rings. The molecule has 0 radical (unpaired) electrons. The van der Waals surface area contributed by atoms with Crippen molar-refractivity contribution in [2.24, 2.45) is 9.86 Å². The number of aromatic nitrogens is 2. The minimum absolute atomic E-state index is 0.0412. The van der Waals surface area contributed by atoms with E-state index < -0.39 is 62.2 Å². The lowest BCUT2D eigenvalue weighted by Gasteiger charge is -2.27. The summed E-state index contributed by atoms with van der Waals surface area (Å²) in [6.07, 6.45) is -4.12. The van der Waals surface area contributed by atoms with Crippen molar-refractivity contribution >= 4 is 24.9 Å². The molecule has 17 heteroatoms. The summed E-state index contributed by atoms with van der Waals surface area (Å²) in [5.41, 5.74) is 6.17. The Bertz CT molecular complexity index is 1950. The predicted octanol–water partition coefficient (Wildman–Crippen LogP) is 2.43. The number of hydrogen-bond donors (Lipinski definition) is 3. The number of ether oxygens (including phenoxy) is 3. The third kappa shape index (κ3) is 7.34. The Labute approximate surface area is 267 Å². The molecule has 5 rings (SSSR count). The van der Waals surface area contributed by atoms with Gasteiger partial charge in [-0.05, 0) is 29.5 Å². The molecule has 47 heavy (non-hydrogen) atoms. The van der Waals surface area contributed by atoms with Crippen LogP contribution in [0.1, 0.15) is 18.7 Å². The van der Waals surface area contributed by atoms with Gasteiger partial charge in [0.2, 0.25) is 11.5 Å². The van der Waals surface area contributed by atoms with E-state index in [1.807, 2.05) is 11.1 Å². The predicted molar refractivity (Wildman–Crippen MR) is 165 cm³/mol. The van der Waals surface area contributed by atoms with Crippen molar-refractivity contribution in [3.8, 4) is 11.5 Å². The SMILES string of the molecule is CCOC(=O)[C@H](Cc1ccccc1)/N=[P+](\[O-])Oc1c(OC[C@@]2(N=[N+]=[N-])O[C@@H](n3ccc(=O)[nH]c3=O)[C@H](O)[C@@H]2O)ccc2ccccc12. The summed E-state index contributed by atoms with van der Waals surface area (Å²) in [7, 11) is -2.90. The number of nitrogens with one attached hydrogen (secondary N) is 1. The molecule has 244 valence electrons. The molecule has 1 aliphatic heterocycles. The Morgan fingerprint density at radius 2 is 1.89 bits per heavy atom. The average molecular weight is 665 g/mol. The minimum Gasteiger partial charge on any atom is -0.575 e. The van der Waals surface area contributed by atoms with Gasteiger partial charge in [0.25, 0.3) is 5.56 Å². The monoisotopic (exact) mass is 664 g/mol. The summed E-state index contributed by atoms with van der Waals surface area (Å²) < 4.78 is 27.6. The number of hydrogen-bond acceptors (Lipinski definition) is 12. The molecule has 1 aromatic heterocycles. The number of aliphatic hydroxyl groups excluding tert-OH is 2. The highest BCUT2D eigenvalue weighted by Gasteiger charge is 2.56. The summed E-state index contributed by atoms with van der Waals surface area (Å²) >= 11 is 0. The number of aliphatic hydroxyl groups is 2. The van der Waals surface area contributed by atoms with Gasteiger partial charge in [-0.1, -0.05) is 70.5 Å². The van der Waals surface area contributed by atoms with Crippen LogP contribution in [-0.4, -0.2) is 62.9 Å². The number of aromatic amines is 1. The largest absolute Gasteiger partial charge is 0.575 e. The van der Waals surface area contributed by atoms with Crippen molar-refractivity contribution in [3.05, 3.63) is 116 Å².